The summed E-state index contributed by atoms with van der Waals surface area (Å²) >= 11 is 0. The Morgan fingerprint density at radius 1 is 1.22 bits per heavy atom. The summed E-state index contributed by atoms with van der Waals surface area (Å²) in [5, 5.41) is 6.54. The first-order valence-corrected chi connectivity index (χ1v) is 8.58. The maximum absolute atomic E-state index is 13.4. The van der Waals surface area contributed by atoms with Gasteiger partial charge in [-0.2, -0.15) is 18.3 Å². The monoisotopic (exact) mass is 374 g/mol. The Kier molecular flexibility index (Phi) is 3.94. The number of nitrogens with one attached hydrogen (secondary N) is 1. The first-order chi connectivity index (χ1) is 12.7. The van der Waals surface area contributed by atoms with Crippen LogP contribution >= 0.6 is 0 Å². The Hall–Kier alpha value is -2.90. The number of hydrogen-bond acceptors (Lipinski definition) is 3. The van der Waals surface area contributed by atoms with Gasteiger partial charge in [0.15, 0.2) is 5.65 Å². The standard InChI is InChI=1S/C19H17F3N4O/c1-10-3-4-11(2)14(7-10)25-18(27)13-9-23-26-16(19(20,21)22)8-15(12-5-6-12)24-17(13)26/h3-4,7-9,12H,5-6H2,1-2H3,(H,25,27). The average molecular weight is 374 g/mol. The van der Waals surface area contributed by atoms with Crippen molar-refractivity contribution in [3.05, 3.63) is 58.5 Å². The van der Waals surface area contributed by atoms with E-state index in [4.69, 9.17) is 0 Å². The SMILES string of the molecule is Cc1ccc(C)c(NC(=O)c2cnn3c(C(F)(F)F)cc(C4CC4)nc23)c1. The second-order valence-electron chi connectivity index (χ2n) is 6.90. The van der Waals surface area contributed by atoms with Crippen LogP contribution in [0.15, 0.2) is 30.5 Å². The number of fused-ring (bicyclic) bond motifs is 1. The summed E-state index contributed by atoms with van der Waals surface area (Å²) in [6, 6.07) is 6.62. The molecule has 1 saturated carbocycles. The summed E-state index contributed by atoms with van der Waals surface area (Å²) < 4.78 is 41.0. The maximum Gasteiger partial charge on any atom is 0.433 e. The highest BCUT2D eigenvalue weighted by molar-refractivity contribution is 6.08. The number of alkyl halides is 3. The van der Waals surface area contributed by atoms with E-state index in [2.05, 4.69) is 15.4 Å². The largest absolute Gasteiger partial charge is 0.433 e. The van der Waals surface area contributed by atoms with Crippen molar-refractivity contribution in [3.63, 3.8) is 0 Å². The highest BCUT2D eigenvalue weighted by atomic mass is 19.4. The molecule has 0 bridgehead atoms. The van der Waals surface area contributed by atoms with Crippen LogP contribution in [-0.4, -0.2) is 20.5 Å². The number of rotatable bonds is 3. The number of aryl methyl sites for hydroxylation is 2. The van der Waals surface area contributed by atoms with Crippen LogP contribution in [0.3, 0.4) is 0 Å². The molecule has 0 saturated heterocycles. The second-order valence-corrected chi connectivity index (χ2v) is 6.90. The quantitative estimate of drug-likeness (QED) is 0.735. The van der Waals surface area contributed by atoms with Crippen LogP contribution in [-0.2, 0) is 6.18 Å². The molecule has 8 heteroatoms. The average Bonchev–Trinajstić information content (AvgIpc) is 3.35. The topological polar surface area (TPSA) is 59.3 Å². The third-order valence-electron chi connectivity index (χ3n) is 4.66. The van der Waals surface area contributed by atoms with E-state index in [1.807, 2.05) is 32.0 Å². The van der Waals surface area contributed by atoms with Crippen molar-refractivity contribution in [2.24, 2.45) is 0 Å². The zero-order chi connectivity index (χ0) is 19.3. The predicted molar refractivity (Wildman–Crippen MR) is 93.8 cm³/mol. The Labute approximate surface area is 153 Å². The molecule has 2 heterocycles. The van der Waals surface area contributed by atoms with Gasteiger partial charge in [-0.1, -0.05) is 12.1 Å². The van der Waals surface area contributed by atoms with Gasteiger partial charge in [0.05, 0.1) is 6.20 Å². The molecule has 0 spiro atoms. The number of benzene rings is 1. The highest BCUT2D eigenvalue weighted by Crippen LogP contribution is 2.41. The molecule has 5 nitrogen and oxygen atoms in total. The summed E-state index contributed by atoms with van der Waals surface area (Å²) in [6.45, 7) is 3.74. The Morgan fingerprint density at radius 3 is 2.63 bits per heavy atom. The van der Waals surface area contributed by atoms with E-state index < -0.39 is 17.8 Å². The molecule has 1 aliphatic carbocycles. The molecular formula is C19H17F3N4O. The Morgan fingerprint density at radius 2 is 1.96 bits per heavy atom. The van der Waals surface area contributed by atoms with Crippen molar-refractivity contribution in [1.82, 2.24) is 14.6 Å². The lowest BCUT2D eigenvalue weighted by Gasteiger charge is -2.12. The van der Waals surface area contributed by atoms with Gasteiger partial charge in [-0.15, -0.1) is 0 Å². The van der Waals surface area contributed by atoms with E-state index >= 15 is 0 Å². The first-order valence-electron chi connectivity index (χ1n) is 8.58. The van der Waals surface area contributed by atoms with Gasteiger partial charge >= 0.3 is 6.18 Å². The first kappa shape index (κ1) is 17.5. The summed E-state index contributed by atoms with van der Waals surface area (Å²) in [7, 11) is 0. The number of anilines is 1. The number of carbonyl (C=O) groups excluding carboxylic acids is 1. The molecule has 0 atom stereocenters. The van der Waals surface area contributed by atoms with Crippen LogP contribution in [0.1, 0.15) is 51.6 Å². The molecule has 0 aliphatic heterocycles. The lowest BCUT2D eigenvalue weighted by Crippen LogP contribution is -2.16. The molecule has 1 N–H and O–H groups in total. The van der Waals surface area contributed by atoms with Crippen LogP contribution in [0.4, 0.5) is 18.9 Å². The predicted octanol–water partition coefficient (Wildman–Crippen LogP) is 4.49. The zero-order valence-corrected chi connectivity index (χ0v) is 14.8. The molecule has 140 valence electrons. The smallest absolute Gasteiger partial charge is 0.322 e. The molecule has 1 aliphatic rings. The van der Waals surface area contributed by atoms with Crippen molar-refractivity contribution in [2.75, 3.05) is 5.32 Å². The van der Waals surface area contributed by atoms with E-state index in [0.29, 0.717) is 15.9 Å². The van der Waals surface area contributed by atoms with Crippen LogP contribution in [0, 0.1) is 13.8 Å². The summed E-state index contributed by atoms with van der Waals surface area (Å²) in [4.78, 5) is 17.0. The van der Waals surface area contributed by atoms with E-state index in [1.54, 1.807) is 0 Å². The normalized spacial score (nSPS) is 14.6. The van der Waals surface area contributed by atoms with Crippen LogP contribution < -0.4 is 5.32 Å². The molecule has 1 aromatic carbocycles. The van der Waals surface area contributed by atoms with Crippen molar-refractivity contribution in [3.8, 4) is 0 Å². The van der Waals surface area contributed by atoms with E-state index in [9.17, 15) is 18.0 Å². The lowest BCUT2D eigenvalue weighted by atomic mass is 10.1. The van der Waals surface area contributed by atoms with Crippen LogP contribution in [0.2, 0.25) is 0 Å². The second kappa shape index (κ2) is 6.07. The number of nitrogens with zero attached hydrogens (tertiary/aromatic N) is 3. The van der Waals surface area contributed by atoms with Gasteiger partial charge in [0, 0.05) is 17.3 Å². The van der Waals surface area contributed by atoms with E-state index in [-0.39, 0.29) is 17.1 Å². The van der Waals surface area contributed by atoms with E-state index in [0.717, 1.165) is 36.2 Å². The summed E-state index contributed by atoms with van der Waals surface area (Å²) in [6.07, 6.45) is -1.84. The molecule has 1 fully saturated rings. The van der Waals surface area contributed by atoms with Gasteiger partial charge in [-0.05, 0) is 49.9 Å². The number of aromatic nitrogens is 3. The molecule has 4 rings (SSSR count). The van der Waals surface area contributed by atoms with Gasteiger partial charge in [-0.25, -0.2) is 9.50 Å². The fraction of sp³-hybridized carbons (Fsp3) is 0.316. The fourth-order valence-corrected chi connectivity index (χ4v) is 2.99. The number of carbonyl (C=O) groups is 1. The van der Waals surface area contributed by atoms with Crippen molar-refractivity contribution in [2.45, 2.75) is 38.8 Å². The lowest BCUT2D eigenvalue weighted by molar-refractivity contribution is -0.142. The van der Waals surface area contributed by atoms with Crippen molar-refractivity contribution < 1.29 is 18.0 Å². The number of halogens is 3. The van der Waals surface area contributed by atoms with Gasteiger partial charge in [-0.3, -0.25) is 4.79 Å². The Balaban J connectivity index is 1.79. The maximum atomic E-state index is 13.4. The van der Waals surface area contributed by atoms with Crippen molar-refractivity contribution in [1.29, 1.82) is 0 Å². The Bertz CT molecular complexity index is 1050. The molecule has 0 radical (unpaired) electrons. The van der Waals surface area contributed by atoms with Crippen LogP contribution in [0.25, 0.3) is 5.65 Å². The third-order valence-corrected chi connectivity index (χ3v) is 4.66. The van der Waals surface area contributed by atoms with Gasteiger partial charge in [0.25, 0.3) is 5.91 Å². The van der Waals surface area contributed by atoms with Gasteiger partial charge < -0.3 is 5.32 Å². The van der Waals surface area contributed by atoms with Gasteiger partial charge in [0.2, 0.25) is 0 Å². The third kappa shape index (κ3) is 3.27. The van der Waals surface area contributed by atoms with Crippen molar-refractivity contribution >= 4 is 17.2 Å². The fourth-order valence-electron chi connectivity index (χ4n) is 2.99. The minimum atomic E-state index is -4.59. The summed E-state index contributed by atoms with van der Waals surface area (Å²) in [5.41, 5.74) is 1.81. The number of amides is 1. The van der Waals surface area contributed by atoms with Gasteiger partial charge in [0.1, 0.15) is 11.3 Å². The molecule has 27 heavy (non-hydrogen) atoms. The minimum Gasteiger partial charge on any atom is -0.322 e. The molecule has 1 amide bonds. The minimum absolute atomic E-state index is 0.0147. The highest BCUT2D eigenvalue weighted by Gasteiger charge is 2.38. The molecule has 0 unspecified atom stereocenters. The van der Waals surface area contributed by atoms with Crippen LogP contribution in [0.5, 0.6) is 0 Å². The zero-order valence-electron chi connectivity index (χ0n) is 14.8. The number of hydrogen-bond donors (Lipinski definition) is 1. The van der Waals surface area contributed by atoms with E-state index in [1.165, 1.54) is 0 Å². The molecular weight excluding hydrogens is 357 g/mol. The molecule has 3 aromatic rings. The molecule has 2 aromatic heterocycles. The summed E-state index contributed by atoms with van der Waals surface area (Å²) in [5.74, 6) is -0.520.